The standard InChI is InChI=1S/C36H31N2O5PS/c1-42-33(37-26-39)24-32(45)22-28-23-34(40)38(28)35(36(41)43-25-27-14-6-2-7-15-27)44(29-16-8-3-9-17-29,30-18-10-4-11-19-30)31-20-12-5-13-21-31/h2-21,24,28H,22-23,25H2,1H3. The average Bonchev–Trinajstić information content (AvgIpc) is 3.08. The number of hydrogen-bond acceptors (Lipinski definition) is 7. The molecule has 1 fully saturated rings. The van der Waals surface area contributed by atoms with Crippen LogP contribution in [0.2, 0.25) is 0 Å². The molecule has 1 aliphatic heterocycles. The predicted molar refractivity (Wildman–Crippen MR) is 182 cm³/mol. The number of aliphatic imine (C=N–C) groups is 1. The number of nitrogens with zero attached hydrogens (tertiary/aromatic N) is 2. The minimum Gasteiger partial charge on any atom is -0.480 e. The smallest absolute Gasteiger partial charge is 0.356 e. The Morgan fingerprint density at radius 2 is 1.38 bits per heavy atom. The van der Waals surface area contributed by atoms with E-state index in [1.54, 1.807) is 4.90 Å². The van der Waals surface area contributed by atoms with E-state index in [4.69, 9.17) is 21.7 Å². The lowest BCUT2D eigenvalue weighted by Gasteiger charge is -2.45. The molecule has 1 aliphatic rings. The number of carbonyl (C=O) groups is 2. The number of amides is 1. The van der Waals surface area contributed by atoms with Gasteiger partial charge in [-0.15, -0.1) is 4.99 Å². The van der Waals surface area contributed by atoms with E-state index in [9.17, 15) is 14.4 Å². The Bertz CT molecular complexity index is 1700. The second kappa shape index (κ2) is 14.7. The molecule has 0 bridgehead atoms. The Kier molecular flexibility index (Phi) is 10.3. The molecule has 9 heteroatoms. The Balaban J connectivity index is 1.78. The van der Waals surface area contributed by atoms with Gasteiger partial charge >= 0.3 is 5.97 Å². The Morgan fingerprint density at radius 3 is 1.82 bits per heavy atom. The molecule has 7 nitrogen and oxygen atoms in total. The molecule has 0 aromatic heterocycles. The van der Waals surface area contributed by atoms with Crippen molar-refractivity contribution in [2.24, 2.45) is 4.99 Å². The van der Waals surface area contributed by atoms with Gasteiger partial charge in [-0.05, 0) is 21.5 Å². The summed E-state index contributed by atoms with van der Waals surface area (Å²) in [4.78, 5) is 44.7. The number of benzene rings is 4. The highest BCUT2D eigenvalue weighted by Crippen LogP contribution is 2.49. The number of methoxy groups -OCH3 is 1. The van der Waals surface area contributed by atoms with Crippen molar-refractivity contribution in [2.75, 3.05) is 7.11 Å². The van der Waals surface area contributed by atoms with Crippen molar-refractivity contribution in [3.05, 3.63) is 139 Å². The van der Waals surface area contributed by atoms with Crippen molar-refractivity contribution in [1.82, 2.24) is 4.90 Å². The zero-order chi connectivity index (χ0) is 31.6. The van der Waals surface area contributed by atoms with Crippen LogP contribution >= 0.6 is 19.1 Å². The number of esters is 1. The van der Waals surface area contributed by atoms with E-state index in [2.05, 4.69) is 4.99 Å². The quantitative estimate of drug-likeness (QED) is 0.0318. The zero-order valence-corrected chi connectivity index (χ0v) is 26.3. The van der Waals surface area contributed by atoms with Crippen LogP contribution in [0.1, 0.15) is 18.4 Å². The summed E-state index contributed by atoms with van der Waals surface area (Å²) in [6.45, 7) is -2.99. The maximum absolute atomic E-state index is 14.7. The highest BCUT2D eigenvalue weighted by molar-refractivity contribution is 7.96. The van der Waals surface area contributed by atoms with E-state index >= 15 is 0 Å². The van der Waals surface area contributed by atoms with E-state index in [1.807, 2.05) is 121 Å². The van der Waals surface area contributed by atoms with Crippen molar-refractivity contribution in [3.63, 3.8) is 0 Å². The minimum atomic E-state index is -3.03. The first-order valence-corrected chi connectivity index (χ1v) is 16.5. The van der Waals surface area contributed by atoms with Crippen LogP contribution in [0.25, 0.3) is 0 Å². The van der Waals surface area contributed by atoms with Crippen molar-refractivity contribution in [2.45, 2.75) is 25.5 Å². The van der Waals surface area contributed by atoms with Crippen molar-refractivity contribution >= 4 is 63.3 Å². The number of thiocarbonyl (C=S) groups is 1. The van der Waals surface area contributed by atoms with Gasteiger partial charge in [0.05, 0.1) is 13.2 Å². The maximum Gasteiger partial charge on any atom is 0.356 e. The molecule has 0 saturated carbocycles. The molecule has 226 valence electrons. The summed E-state index contributed by atoms with van der Waals surface area (Å²) < 4.78 is 11.2. The van der Waals surface area contributed by atoms with Crippen LogP contribution in [0.4, 0.5) is 0 Å². The lowest BCUT2D eigenvalue weighted by Crippen LogP contribution is -2.60. The Hall–Kier alpha value is -4.87. The normalized spacial score (nSPS) is 14.5. The van der Waals surface area contributed by atoms with Crippen molar-refractivity contribution in [1.29, 1.82) is 0 Å². The van der Waals surface area contributed by atoms with Crippen LogP contribution in [0.3, 0.4) is 0 Å². The first-order chi connectivity index (χ1) is 22.0. The van der Waals surface area contributed by atoms with E-state index in [-0.39, 0.29) is 36.7 Å². The highest BCUT2D eigenvalue weighted by Gasteiger charge is 2.47. The molecule has 1 heterocycles. The number of isocyanates is 1. The monoisotopic (exact) mass is 634 g/mol. The van der Waals surface area contributed by atoms with Gasteiger partial charge in [0.1, 0.15) is 12.0 Å². The third-order valence-electron chi connectivity index (χ3n) is 7.50. The maximum atomic E-state index is 14.7. The number of hydrogen-bond donors (Lipinski definition) is 0. The molecule has 4 aromatic rings. The van der Waals surface area contributed by atoms with Crippen molar-refractivity contribution in [3.8, 4) is 0 Å². The number of rotatable bonds is 12. The van der Waals surface area contributed by atoms with Gasteiger partial charge in [-0.2, -0.15) is 0 Å². The van der Waals surface area contributed by atoms with Crippen LogP contribution in [0.5, 0.6) is 0 Å². The first-order valence-electron chi connectivity index (χ1n) is 14.3. The summed E-state index contributed by atoms with van der Waals surface area (Å²) in [5, 5.41) is 2.70. The fourth-order valence-electron chi connectivity index (χ4n) is 5.50. The number of ether oxygens (including phenoxy) is 2. The topological polar surface area (TPSA) is 85.3 Å². The fourth-order valence-corrected chi connectivity index (χ4v) is 10.2. The number of likely N-dealkylation sites (tertiary alicyclic amines) is 1. The minimum absolute atomic E-state index is 0.0124. The summed E-state index contributed by atoms with van der Waals surface area (Å²) in [5.41, 5.74) is 1.11. The third kappa shape index (κ3) is 6.79. The molecule has 45 heavy (non-hydrogen) atoms. The summed E-state index contributed by atoms with van der Waals surface area (Å²) in [5.74, 6) is -0.770. The number of carbonyl (C=O) groups excluding carboxylic acids is 3. The van der Waals surface area contributed by atoms with E-state index < -0.39 is 18.9 Å². The average molecular weight is 635 g/mol. The predicted octanol–water partition coefficient (Wildman–Crippen LogP) is 5.04. The molecule has 1 saturated heterocycles. The largest absolute Gasteiger partial charge is 0.480 e. The molecule has 5 rings (SSSR count). The molecule has 1 unspecified atom stereocenters. The summed E-state index contributed by atoms with van der Waals surface area (Å²) in [7, 11) is 1.38. The molecule has 1 atom stereocenters. The van der Waals surface area contributed by atoms with Gasteiger partial charge in [-0.3, -0.25) is 4.79 Å². The highest BCUT2D eigenvalue weighted by atomic mass is 32.1. The van der Waals surface area contributed by atoms with E-state index in [0.717, 1.165) is 21.5 Å². The van der Waals surface area contributed by atoms with Crippen LogP contribution in [-0.4, -0.2) is 46.3 Å². The van der Waals surface area contributed by atoms with Gasteiger partial charge in [-0.25, -0.2) is 9.59 Å². The third-order valence-corrected chi connectivity index (χ3v) is 12.0. The molecule has 0 spiro atoms. The van der Waals surface area contributed by atoms with Crippen LogP contribution in [-0.2, 0) is 30.5 Å². The molecular formula is C36H31N2O5PS. The molecule has 1 amide bonds. The Labute approximate surface area is 267 Å². The van der Waals surface area contributed by atoms with Crippen LogP contribution < -0.4 is 15.9 Å². The first kappa shape index (κ1) is 31.6. The van der Waals surface area contributed by atoms with Crippen LogP contribution in [0.15, 0.2) is 138 Å². The summed E-state index contributed by atoms with van der Waals surface area (Å²) >= 11 is 5.62. The zero-order valence-electron chi connectivity index (χ0n) is 24.6. The molecule has 4 aromatic carbocycles. The molecule has 0 N–H and O–H groups in total. The van der Waals surface area contributed by atoms with Gasteiger partial charge in [0, 0.05) is 30.7 Å². The lowest BCUT2D eigenvalue weighted by atomic mass is 9.96. The Morgan fingerprint density at radius 1 is 0.889 bits per heavy atom. The second-order valence-electron chi connectivity index (χ2n) is 10.2. The van der Waals surface area contributed by atoms with Gasteiger partial charge < -0.3 is 14.4 Å². The summed E-state index contributed by atoms with van der Waals surface area (Å²) in [6.07, 6.45) is 3.34. The number of allylic oxidation sites excluding steroid dienone is 1. The van der Waals surface area contributed by atoms with Gasteiger partial charge in [0.25, 0.3) is 0 Å². The van der Waals surface area contributed by atoms with Gasteiger partial charge in [0.15, 0.2) is 0 Å². The van der Waals surface area contributed by atoms with Gasteiger partial charge in [-0.1, -0.05) is 134 Å². The van der Waals surface area contributed by atoms with Gasteiger partial charge in [0.2, 0.25) is 17.9 Å². The molecule has 0 radical (unpaired) electrons. The second-order valence-corrected chi connectivity index (χ2v) is 14.1. The van der Waals surface area contributed by atoms with Crippen molar-refractivity contribution < 1.29 is 23.9 Å². The fraction of sp³-hybridized carbons (Fsp3) is 0.139. The molecule has 0 aliphatic carbocycles. The van der Waals surface area contributed by atoms with E-state index in [1.165, 1.54) is 19.3 Å². The molecular weight excluding hydrogens is 603 g/mol. The van der Waals surface area contributed by atoms with Crippen LogP contribution in [0, 0.1) is 0 Å². The summed E-state index contributed by atoms with van der Waals surface area (Å²) in [6, 6.07) is 38.5. The number of β-lactam (4-membered cyclic amide) rings is 1. The van der Waals surface area contributed by atoms with E-state index in [0.29, 0.717) is 4.86 Å². The lowest BCUT2D eigenvalue weighted by molar-refractivity contribution is -0.144. The SMILES string of the molecule is COC(=CC(=S)CC1CC(=O)N1C(C(=O)OCc1ccccc1)=P(c1ccccc1)(c1ccccc1)c1ccccc1)N=C=O.